The molecule has 0 atom stereocenters. The van der Waals surface area contributed by atoms with E-state index in [9.17, 15) is 13.6 Å². The Kier molecular flexibility index (Phi) is 4.87. The zero-order valence-electron chi connectivity index (χ0n) is 11.3. The van der Waals surface area contributed by atoms with Crippen molar-refractivity contribution in [3.8, 4) is 0 Å². The van der Waals surface area contributed by atoms with Crippen molar-refractivity contribution in [2.45, 2.75) is 19.4 Å². The molecule has 0 aliphatic rings. The van der Waals surface area contributed by atoms with Crippen LogP contribution in [0.5, 0.6) is 0 Å². The molecule has 2 aromatic carbocycles. The van der Waals surface area contributed by atoms with E-state index in [0.29, 0.717) is 12.1 Å². The highest BCUT2D eigenvalue weighted by Gasteiger charge is 2.06. The first-order valence-corrected chi connectivity index (χ1v) is 6.48. The van der Waals surface area contributed by atoms with Gasteiger partial charge in [-0.1, -0.05) is 12.1 Å². The first kappa shape index (κ1) is 15.0. The molecule has 3 nitrogen and oxygen atoms in total. The molecule has 2 aromatic rings. The highest BCUT2D eigenvalue weighted by Crippen LogP contribution is 2.11. The molecule has 21 heavy (non-hydrogen) atoms. The molecule has 2 N–H and O–H groups in total. The van der Waals surface area contributed by atoms with Gasteiger partial charge in [0.1, 0.15) is 18.2 Å². The zero-order valence-corrected chi connectivity index (χ0v) is 11.3. The maximum atomic E-state index is 13.0. The molecule has 2 rings (SSSR count). The van der Waals surface area contributed by atoms with Crippen LogP contribution in [-0.4, -0.2) is 5.97 Å². The van der Waals surface area contributed by atoms with Gasteiger partial charge in [-0.25, -0.2) is 8.78 Å². The van der Waals surface area contributed by atoms with Crippen molar-refractivity contribution < 1.29 is 18.3 Å². The van der Waals surface area contributed by atoms with Crippen molar-refractivity contribution >= 4 is 11.7 Å². The summed E-state index contributed by atoms with van der Waals surface area (Å²) < 4.78 is 30.9. The molecule has 0 saturated carbocycles. The summed E-state index contributed by atoms with van der Waals surface area (Å²) in [5.74, 6) is -1.80. The molecule has 0 aliphatic heterocycles. The highest BCUT2D eigenvalue weighted by molar-refractivity contribution is 5.69. The van der Waals surface area contributed by atoms with Crippen molar-refractivity contribution in [1.82, 2.24) is 0 Å². The van der Waals surface area contributed by atoms with Crippen LogP contribution >= 0.6 is 0 Å². The van der Waals surface area contributed by atoms with E-state index in [-0.39, 0.29) is 18.6 Å². The number of esters is 1. The van der Waals surface area contributed by atoms with E-state index in [1.54, 1.807) is 12.1 Å². The van der Waals surface area contributed by atoms with Gasteiger partial charge in [0.05, 0.1) is 0 Å². The van der Waals surface area contributed by atoms with Gasteiger partial charge in [-0.2, -0.15) is 0 Å². The Hall–Kier alpha value is -2.43. The van der Waals surface area contributed by atoms with Crippen LogP contribution in [0.2, 0.25) is 0 Å². The lowest BCUT2D eigenvalue weighted by Gasteiger charge is -2.06. The third-order valence-corrected chi connectivity index (χ3v) is 2.92. The Balaban J connectivity index is 1.80. The smallest absolute Gasteiger partial charge is 0.306 e. The first-order chi connectivity index (χ1) is 10.0. The lowest BCUT2D eigenvalue weighted by molar-refractivity contribution is -0.144. The van der Waals surface area contributed by atoms with E-state index < -0.39 is 17.6 Å². The maximum absolute atomic E-state index is 13.0. The molecule has 0 saturated heterocycles. The Morgan fingerprint density at radius 1 is 1.00 bits per heavy atom. The third-order valence-electron chi connectivity index (χ3n) is 2.92. The second-order valence-electron chi connectivity index (χ2n) is 4.68. The summed E-state index contributed by atoms with van der Waals surface area (Å²) in [6.45, 7) is -0.144. The Labute approximate surface area is 121 Å². The lowest BCUT2D eigenvalue weighted by Crippen LogP contribution is -2.06. The summed E-state index contributed by atoms with van der Waals surface area (Å²) in [4.78, 5) is 11.6. The molecule has 0 radical (unpaired) electrons. The highest BCUT2D eigenvalue weighted by atomic mass is 19.1. The van der Waals surface area contributed by atoms with Crippen LogP contribution in [0.3, 0.4) is 0 Å². The minimum atomic E-state index is -0.692. The van der Waals surface area contributed by atoms with Crippen LogP contribution in [-0.2, 0) is 22.6 Å². The van der Waals surface area contributed by atoms with Gasteiger partial charge >= 0.3 is 5.97 Å². The van der Waals surface area contributed by atoms with E-state index in [0.717, 1.165) is 23.8 Å². The molecule has 110 valence electrons. The predicted molar refractivity (Wildman–Crippen MR) is 75.3 cm³/mol. The molecule has 0 fully saturated rings. The minimum absolute atomic E-state index is 0.144. The number of ether oxygens (including phenoxy) is 1. The van der Waals surface area contributed by atoms with Gasteiger partial charge < -0.3 is 10.5 Å². The predicted octanol–water partition coefficient (Wildman–Crippen LogP) is 3.22. The second kappa shape index (κ2) is 6.83. The summed E-state index contributed by atoms with van der Waals surface area (Å²) in [6, 6.07) is 10.2. The van der Waals surface area contributed by atoms with Crippen LogP contribution in [0.4, 0.5) is 14.5 Å². The van der Waals surface area contributed by atoms with Crippen molar-refractivity contribution in [2.75, 3.05) is 5.73 Å². The Morgan fingerprint density at radius 3 is 2.24 bits per heavy atom. The van der Waals surface area contributed by atoms with Crippen LogP contribution in [0, 0.1) is 11.6 Å². The fourth-order valence-corrected chi connectivity index (χ4v) is 1.86. The largest absolute Gasteiger partial charge is 0.461 e. The molecule has 5 heteroatoms. The standard InChI is InChI=1S/C16H15F2NO2/c17-13-7-12(8-14(18)9-13)10-21-16(20)6-3-11-1-4-15(19)5-2-11/h1-2,4-5,7-9H,3,6,10,19H2. The summed E-state index contributed by atoms with van der Waals surface area (Å²) >= 11 is 0. The Bertz CT molecular complexity index is 606. The number of nitrogens with two attached hydrogens (primary N) is 1. The summed E-state index contributed by atoms with van der Waals surface area (Å²) in [5.41, 5.74) is 7.48. The summed E-state index contributed by atoms with van der Waals surface area (Å²) in [6.07, 6.45) is 0.721. The number of aryl methyl sites for hydroxylation is 1. The average Bonchev–Trinajstić information content (AvgIpc) is 2.43. The minimum Gasteiger partial charge on any atom is -0.461 e. The van der Waals surface area contributed by atoms with Gasteiger partial charge in [-0.05, 0) is 41.8 Å². The van der Waals surface area contributed by atoms with Crippen LogP contribution < -0.4 is 5.73 Å². The number of carbonyl (C=O) groups excluding carboxylic acids is 1. The Morgan fingerprint density at radius 2 is 1.62 bits per heavy atom. The van der Waals surface area contributed by atoms with Gasteiger partial charge in [0.25, 0.3) is 0 Å². The van der Waals surface area contributed by atoms with E-state index in [1.807, 2.05) is 12.1 Å². The fraction of sp³-hybridized carbons (Fsp3) is 0.188. The number of hydrogen-bond donors (Lipinski definition) is 1. The second-order valence-corrected chi connectivity index (χ2v) is 4.68. The van der Waals surface area contributed by atoms with Gasteiger partial charge in [0, 0.05) is 18.2 Å². The quantitative estimate of drug-likeness (QED) is 0.679. The third kappa shape index (κ3) is 4.87. The van der Waals surface area contributed by atoms with Crippen LogP contribution in [0.1, 0.15) is 17.5 Å². The number of nitrogen functional groups attached to an aromatic ring is 1. The number of hydrogen-bond acceptors (Lipinski definition) is 3. The van der Waals surface area contributed by atoms with Gasteiger partial charge in [-0.3, -0.25) is 4.79 Å². The molecule has 0 unspecified atom stereocenters. The van der Waals surface area contributed by atoms with Gasteiger partial charge in [0.15, 0.2) is 0 Å². The number of benzene rings is 2. The van der Waals surface area contributed by atoms with Crippen LogP contribution in [0.15, 0.2) is 42.5 Å². The number of rotatable bonds is 5. The SMILES string of the molecule is Nc1ccc(CCC(=O)OCc2cc(F)cc(F)c2)cc1. The monoisotopic (exact) mass is 291 g/mol. The lowest BCUT2D eigenvalue weighted by atomic mass is 10.1. The molecular formula is C16H15F2NO2. The molecular weight excluding hydrogens is 276 g/mol. The van der Waals surface area contributed by atoms with Gasteiger partial charge in [0.2, 0.25) is 0 Å². The van der Waals surface area contributed by atoms with E-state index in [2.05, 4.69) is 0 Å². The van der Waals surface area contributed by atoms with Crippen molar-refractivity contribution in [3.63, 3.8) is 0 Å². The molecule has 0 amide bonds. The van der Waals surface area contributed by atoms with Crippen molar-refractivity contribution in [1.29, 1.82) is 0 Å². The van der Waals surface area contributed by atoms with E-state index in [4.69, 9.17) is 10.5 Å². The normalized spacial score (nSPS) is 10.4. The van der Waals surface area contributed by atoms with E-state index >= 15 is 0 Å². The topological polar surface area (TPSA) is 52.3 Å². The zero-order chi connectivity index (χ0) is 15.2. The van der Waals surface area contributed by atoms with Gasteiger partial charge in [-0.15, -0.1) is 0 Å². The molecule has 0 aliphatic carbocycles. The first-order valence-electron chi connectivity index (χ1n) is 6.48. The summed E-state index contributed by atoms with van der Waals surface area (Å²) in [7, 11) is 0. The number of anilines is 1. The van der Waals surface area contributed by atoms with Crippen molar-refractivity contribution in [2.24, 2.45) is 0 Å². The number of halogens is 2. The van der Waals surface area contributed by atoms with E-state index in [1.165, 1.54) is 0 Å². The van der Waals surface area contributed by atoms with Crippen LogP contribution in [0.25, 0.3) is 0 Å². The maximum Gasteiger partial charge on any atom is 0.306 e. The fourth-order valence-electron chi connectivity index (χ4n) is 1.86. The van der Waals surface area contributed by atoms with Crippen molar-refractivity contribution in [3.05, 3.63) is 65.2 Å². The molecule has 0 bridgehead atoms. The molecule has 0 spiro atoms. The summed E-state index contributed by atoms with van der Waals surface area (Å²) in [5, 5.41) is 0. The average molecular weight is 291 g/mol. The molecule has 0 heterocycles. The number of carbonyl (C=O) groups is 1. The molecule has 0 aromatic heterocycles.